The molecule has 4 rings (SSSR count). The molecule has 0 aliphatic heterocycles. The Hall–Kier alpha value is -3.16. The number of hydrogen-bond acceptors (Lipinski definition) is 6. The number of hydrogen-bond donors (Lipinski definition) is 1. The minimum absolute atomic E-state index is 0.118. The molecule has 0 unspecified atom stereocenters. The van der Waals surface area contributed by atoms with E-state index in [1.807, 2.05) is 13.0 Å². The van der Waals surface area contributed by atoms with Crippen molar-refractivity contribution in [2.45, 2.75) is 26.4 Å². The van der Waals surface area contributed by atoms with Crippen LogP contribution < -0.4 is 15.0 Å². The Balaban J connectivity index is 1.71. The van der Waals surface area contributed by atoms with E-state index in [2.05, 4.69) is 29.2 Å². The Labute approximate surface area is 184 Å². The summed E-state index contributed by atoms with van der Waals surface area (Å²) in [5.41, 5.74) is 2.45. The number of rotatable bonds is 6. The molecule has 2 heterocycles. The average molecular weight is 437 g/mol. The van der Waals surface area contributed by atoms with Crippen LogP contribution in [-0.4, -0.2) is 34.0 Å². The summed E-state index contributed by atoms with van der Waals surface area (Å²) in [6.45, 7) is 5.50. The lowest BCUT2D eigenvalue weighted by atomic mass is 10.1. The van der Waals surface area contributed by atoms with Crippen LogP contribution in [-0.2, 0) is 0 Å². The van der Waals surface area contributed by atoms with Gasteiger partial charge in [-0.05, 0) is 44.5 Å². The summed E-state index contributed by atoms with van der Waals surface area (Å²) in [4.78, 5) is 18.7. The van der Waals surface area contributed by atoms with Crippen molar-refractivity contribution in [2.24, 2.45) is 0 Å². The van der Waals surface area contributed by atoms with E-state index in [1.54, 1.807) is 32.0 Å². The van der Waals surface area contributed by atoms with Crippen molar-refractivity contribution in [2.75, 3.05) is 13.7 Å². The van der Waals surface area contributed by atoms with Gasteiger partial charge >= 0.3 is 0 Å². The molecule has 2 aromatic heterocycles. The summed E-state index contributed by atoms with van der Waals surface area (Å²) in [6, 6.07) is 15.4. The van der Waals surface area contributed by atoms with Crippen molar-refractivity contribution in [1.82, 2.24) is 9.55 Å². The van der Waals surface area contributed by atoms with Gasteiger partial charge in [0.2, 0.25) is 0 Å². The van der Waals surface area contributed by atoms with Crippen LogP contribution in [0, 0.1) is 6.92 Å². The standard InChI is InChI=1S/C24H24N2O4S/c1-15-5-7-16(8-6-15)21-12-18-22(31-21)23(27)26(14-25-18)17-9-10-19(20(11-17)29-4)30-13-24(2,3)28/h5-12,14,28H,13H2,1-4H3. The lowest BCUT2D eigenvalue weighted by molar-refractivity contribution is 0.0276. The Morgan fingerprint density at radius 1 is 1.10 bits per heavy atom. The summed E-state index contributed by atoms with van der Waals surface area (Å²) in [5, 5.41) is 9.89. The second kappa shape index (κ2) is 8.17. The predicted molar refractivity (Wildman–Crippen MR) is 124 cm³/mol. The molecule has 2 aromatic carbocycles. The van der Waals surface area contributed by atoms with Crippen LogP contribution in [0.2, 0.25) is 0 Å². The molecule has 4 aromatic rings. The first-order chi connectivity index (χ1) is 14.7. The first-order valence-electron chi connectivity index (χ1n) is 9.87. The van der Waals surface area contributed by atoms with E-state index in [1.165, 1.54) is 34.9 Å². The van der Waals surface area contributed by atoms with Gasteiger partial charge in [-0.3, -0.25) is 9.36 Å². The zero-order valence-corrected chi connectivity index (χ0v) is 18.7. The molecule has 1 N–H and O–H groups in total. The molecule has 7 heteroatoms. The largest absolute Gasteiger partial charge is 0.493 e. The van der Waals surface area contributed by atoms with E-state index < -0.39 is 5.60 Å². The predicted octanol–water partition coefficient (Wildman–Crippen LogP) is 4.58. The fourth-order valence-electron chi connectivity index (χ4n) is 3.14. The smallest absolute Gasteiger partial charge is 0.275 e. The number of methoxy groups -OCH3 is 1. The van der Waals surface area contributed by atoms with Gasteiger partial charge in [-0.15, -0.1) is 11.3 Å². The van der Waals surface area contributed by atoms with Crippen LogP contribution >= 0.6 is 11.3 Å². The summed E-state index contributed by atoms with van der Waals surface area (Å²) in [6.07, 6.45) is 1.53. The van der Waals surface area contributed by atoms with Crippen molar-refractivity contribution < 1.29 is 14.6 Å². The van der Waals surface area contributed by atoms with Crippen molar-refractivity contribution in [3.63, 3.8) is 0 Å². The third kappa shape index (κ3) is 4.47. The number of aliphatic hydroxyl groups is 1. The molecule has 0 bridgehead atoms. The van der Waals surface area contributed by atoms with Crippen LogP contribution in [0.4, 0.5) is 0 Å². The molecular formula is C24H24N2O4S. The van der Waals surface area contributed by atoms with Crippen LogP contribution in [0.25, 0.3) is 26.3 Å². The highest BCUT2D eigenvalue weighted by molar-refractivity contribution is 7.22. The second-order valence-corrected chi connectivity index (χ2v) is 9.10. The zero-order valence-electron chi connectivity index (χ0n) is 17.9. The number of aryl methyl sites for hydroxylation is 1. The molecule has 0 saturated heterocycles. The van der Waals surface area contributed by atoms with Crippen LogP contribution in [0.3, 0.4) is 0 Å². The van der Waals surface area contributed by atoms with E-state index in [9.17, 15) is 9.90 Å². The second-order valence-electron chi connectivity index (χ2n) is 8.05. The third-order valence-corrected chi connectivity index (χ3v) is 5.94. The maximum atomic E-state index is 13.2. The van der Waals surface area contributed by atoms with Gasteiger partial charge in [0.05, 0.1) is 23.9 Å². The summed E-state index contributed by atoms with van der Waals surface area (Å²) < 4.78 is 13.2. The van der Waals surface area contributed by atoms with E-state index >= 15 is 0 Å². The first-order valence-corrected chi connectivity index (χ1v) is 10.7. The summed E-state index contributed by atoms with van der Waals surface area (Å²) >= 11 is 1.44. The Kier molecular flexibility index (Phi) is 5.56. The van der Waals surface area contributed by atoms with Crippen LogP contribution in [0.15, 0.2) is 59.7 Å². The number of thiophene rings is 1. The average Bonchev–Trinajstić information content (AvgIpc) is 3.18. The topological polar surface area (TPSA) is 73.6 Å². The van der Waals surface area contributed by atoms with Crippen LogP contribution in [0.1, 0.15) is 19.4 Å². The van der Waals surface area contributed by atoms with Gasteiger partial charge in [-0.25, -0.2) is 4.98 Å². The molecule has 0 spiro atoms. The van der Waals surface area contributed by atoms with Gasteiger partial charge in [0, 0.05) is 10.9 Å². The maximum Gasteiger partial charge on any atom is 0.275 e. The highest BCUT2D eigenvalue weighted by Gasteiger charge is 2.17. The minimum atomic E-state index is -0.968. The van der Waals surface area contributed by atoms with Gasteiger partial charge in [-0.1, -0.05) is 29.8 Å². The molecular weight excluding hydrogens is 412 g/mol. The highest BCUT2D eigenvalue weighted by atomic mass is 32.1. The normalized spacial score (nSPS) is 11.6. The minimum Gasteiger partial charge on any atom is -0.493 e. The molecule has 0 saturated carbocycles. The van der Waals surface area contributed by atoms with Gasteiger partial charge in [0.1, 0.15) is 17.6 Å². The molecule has 160 valence electrons. The molecule has 0 fully saturated rings. The van der Waals surface area contributed by atoms with Gasteiger partial charge in [0.25, 0.3) is 5.56 Å². The highest BCUT2D eigenvalue weighted by Crippen LogP contribution is 2.32. The number of fused-ring (bicyclic) bond motifs is 1. The molecule has 31 heavy (non-hydrogen) atoms. The van der Waals surface area contributed by atoms with E-state index in [0.717, 1.165) is 10.4 Å². The van der Waals surface area contributed by atoms with E-state index in [0.29, 0.717) is 27.4 Å². The summed E-state index contributed by atoms with van der Waals surface area (Å²) in [5.74, 6) is 0.966. The van der Waals surface area contributed by atoms with E-state index in [4.69, 9.17) is 9.47 Å². The van der Waals surface area contributed by atoms with E-state index in [-0.39, 0.29) is 12.2 Å². The number of aromatic nitrogens is 2. The van der Waals surface area contributed by atoms with Crippen molar-refractivity contribution in [3.8, 4) is 27.6 Å². The molecule has 6 nitrogen and oxygen atoms in total. The lowest BCUT2D eigenvalue weighted by Crippen LogP contribution is -2.28. The number of ether oxygens (including phenoxy) is 2. The molecule has 0 aliphatic rings. The number of benzene rings is 2. The van der Waals surface area contributed by atoms with Gasteiger partial charge in [-0.2, -0.15) is 0 Å². The SMILES string of the molecule is COc1cc(-n2cnc3cc(-c4ccc(C)cc4)sc3c2=O)ccc1OCC(C)(C)O. The Morgan fingerprint density at radius 2 is 1.84 bits per heavy atom. The zero-order chi connectivity index (χ0) is 22.2. The van der Waals surface area contributed by atoms with Crippen molar-refractivity contribution in [1.29, 1.82) is 0 Å². The third-order valence-electron chi connectivity index (χ3n) is 4.78. The molecule has 0 aliphatic carbocycles. The Bertz CT molecular complexity index is 1280. The molecule has 0 radical (unpaired) electrons. The van der Waals surface area contributed by atoms with Gasteiger partial charge in [0.15, 0.2) is 11.5 Å². The van der Waals surface area contributed by atoms with Gasteiger partial charge < -0.3 is 14.6 Å². The maximum absolute atomic E-state index is 13.2. The first kappa shape index (κ1) is 21.1. The monoisotopic (exact) mass is 436 g/mol. The van der Waals surface area contributed by atoms with Crippen molar-refractivity contribution >= 4 is 21.6 Å². The number of nitrogens with zero attached hydrogens (tertiary/aromatic N) is 2. The molecule has 0 amide bonds. The fraction of sp³-hybridized carbons (Fsp3) is 0.250. The molecule has 0 atom stereocenters. The quantitative estimate of drug-likeness (QED) is 0.479. The Morgan fingerprint density at radius 3 is 2.52 bits per heavy atom. The lowest BCUT2D eigenvalue weighted by Gasteiger charge is -2.19. The van der Waals surface area contributed by atoms with Crippen molar-refractivity contribution in [3.05, 3.63) is 70.8 Å². The van der Waals surface area contributed by atoms with Crippen LogP contribution in [0.5, 0.6) is 11.5 Å². The summed E-state index contributed by atoms with van der Waals surface area (Å²) in [7, 11) is 1.54. The fourth-order valence-corrected chi connectivity index (χ4v) is 4.18.